The maximum atomic E-state index is 6.02. The Labute approximate surface area is 103 Å². The Morgan fingerprint density at radius 2 is 2.06 bits per heavy atom. The van der Waals surface area contributed by atoms with Gasteiger partial charge in [0.2, 0.25) is 0 Å². The van der Waals surface area contributed by atoms with Crippen LogP contribution in [0.1, 0.15) is 25.8 Å². The molecule has 1 rings (SSSR count). The van der Waals surface area contributed by atoms with Crippen molar-refractivity contribution in [2.75, 3.05) is 6.61 Å². The van der Waals surface area contributed by atoms with Gasteiger partial charge in [-0.15, -0.1) is 0 Å². The number of nitrogens with two attached hydrogens (primary N) is 1. The normalized spacial score (nSPS) is 12.9. The monoisotopic (exact) mass is 241 g/mol. The molecule has 0 heterocycles. The predicted octanol–water partition coefficient (Wildman–Crippen LogP) is 3.40. The van der Waals surface area contributed by atoms with Gasteiger partial charge in [0.25, 0.3) is 0 Å². The summed E-state index contributed by atoms with van der Waals surface area (Å²) in [5.41, 5.74) is 7.08. The van der Waals surface area contributed by atoms with Crippen molar-refractivity contribution in [3.8, 4) is 5.75 Å². The van der Waals surface area contributed by atoms with E-state index in [9.17, 15) is 0 Å². The van der Waals surface area contributed by atoms with Crippen molar-refractivity contribution in [3.63, 3.8) is 0 Å². The van der Waals surface area contributed by atoms with E-state index in [0.717, 1.165) is 17.7 Å². The van der Waals surface area contributed by atoms with Crippen molar-refractivity contribution in [2.45, 2.75) is 33.2 Å². The van der Waals surface area contributed by atoms with Crippen molar-refractivity contribution in [1.29, 1.82) is 0 Å². The average molecular weight is 242 g/mol. The lowest BCUT2D eigenvalue weighted by molar-refractivity contribution is 0.282. The van der Waals surface area contributed by atoms with Crippen LogP contribution in [0.3, 0.4) is 0 Å². The Kier molecular flexibility index (Phi) is 5.10. The Balaban J connectivity index is 2.45. The molecule has 0 amide bonds. The van der Waals surface area contributed by atoms with Gasteiger partial charge in [0, 0.05) is 6.04 Å². The highest BCUT2D eigenvalue weighted by Crippen LogP contribution is 2.25. The lowest BCUT2D eigenvalue weighted by Gasteiger charge is -2.16. The van der Waals surface area contributed by atoms with Crippen molar-refractivity contribution in [1.82, 2.24) is 0 Å². The number of ether oxygens (including phenoxy) is 1. The van der Waals surface area contributed by atoms with Crippen molar-refractivity contribution in [3.05, 3.63) is 28.8 Å². The van der Waals surface area contributed by atoms with Gasteiger partial charge in [-0.1, -0.05) is 31.5 Å². The lowest BCUT2D eigenvalue weighted by atomic mass is 10.0. The summed E-state index contributed by atoms with van der Waals surface area (Å²) >= 11 is 6.02. The molecule has 0 spiro atoms. The number of rotatable bonds is 5. The van der Waals surface area contributed by atoms with Gasteiger partial charge in [-0.3, -0.25) is 0 Å². The molecule has 0 saturated carbocycles. The first-order chi connectivity index (χ1) is 7.50. The fourth-order valence-corrected chi connectivity index (χ4v) is 1.53. The summed E-state index contributed by atoms with van der Waals surface area (Å²) in [6, 6.07) is 5.95. The van der Waals surface area contributed by atoms with E-state index in [0.29, 0.717) is 17.5 Å². The molecular formula is C13H20ClNO. The zero-order valence-corrected chi connectivity index (χ0v) is 10.9. The topological polar surface area (TPSA) is 35.2 Å². The molecule has 90 valence electrons. The Morgan fingerprint density at radius 3 is 2.69 bits per heavy atom. The van der Waals surface area contributed by atoms with Crippen LogP contribution < -0.4 is 10.5 Å². The van der Waals surface area contributed by atoms with Gasteiger partial charge in [-0.25, -0.2) is 0 Å². The molecule has 1 unspecified atom stereocenters. The van der Waals surface area contributed by atoms with Crippen LogP contribution in [0.15, 0.2) is 18.2 Å². The summed E-state index contributed by atoms with van der Waals surface area (Å²) in [5.74, 6) is 1.23. The summed E-state index contributed by atoms with van der Waals surface area (Å²) < 4.78 is 5.63. The molecule has 2 nitrogen and oxygen atoms in total. The molecule has 2 N–H and O–H groups in total. The van der Waals surface area contributed by atoms with Crippen molar-refractivity contribution in [2.24, 2.45) is 11.7 Å². The minimum atomic E-state index is 0.184. The lowest BCUT2D eigenvalue weighted by Crippen LogP contribution is -2.28. The number of hydrogen-bond donors (Lipinski definition) is 1. The van der Waals surface area contributed by atoms with Crippen LogP contribution in [0, 0.1) is 12.8 Å². The molecule has 1 atom stereocenters. The fraction of sp³-hybridized carbons (Fsp3) is 0.538. The Bertz CT molecular complexity index is 339. The number of halogens is 1. The van der Waals surface area contributed by atoms with Gasteiger partial charge < -0.3 is 10.5 Å². The SMILES string of the molecule is Cc1ccc(Cl)c(OCCC(N)C(C)C)c1. The molecular weight excluding hydrogens is 222 g/mol. The first kappa shape index (κ1) is 13.3. The van der Waals surface area contributed by atoms with Crippen LogP contribution in [0.25, 0.3) is 0 Å². The quantitative estimate of drug-likeness (QED) is 0.858. The second kappa shape index (κ2) is 6.12. The molecule has 16 heavy (non-hydrogen) atoms. The van der Waals surface area contributed by atoms with Crippen molar-refractivity contribution >= 4 is 11.6 Å². The van der Waals surface area contributed by atoms with Gasteiger partial charge >= 0.3 is 0 Å². The molecule has 0 bridgehead atoms. The summed E-state index contributed by atoms with van der Waals surface area (Å²) in [4.78, 5) is 0. The smallest absolute Gasteiger partial charge is 0.138 e. The average Bonchev–Trinajstić information content (AvgIpc) is 2.22. The summed E-state index contributed by atoms with van der Waals surface area (Å²) in [5, 5.41) is 0.656. The molecule has 0 aliphatic heterocycles. The van der Waals surface area contributed by atoms with E-state index in [1.165, 1.54) is 0 Å². The van der Waals surface area contributed by atoms with Crippen LogP contribution in [-0.2, 0) is 0 Å². The molecule has 0 aromatic heterocycles. The summed E-state index contributed by atoms with van der Waals surface area (Å²) in [6.07, 6.45) is 0.849. The Hall–Kier alpha value is -0.730. The second-order valence-corrected chi connectivity index (χ2v) is 4.89. The molecule has 0 fully saturated rings. The zero-order valence-electron chi connectivity index (χ0n) is 10.2. The Morgan fingerprint density at radius 1 is 1.38 bits per heavy atom. The molecule has 1 aromatic carbocycles. The van der Waals surface area contributed by atoms with Crippen LogP contribution in [0.2, 0.25) is 5.02 Å². The third kappa shape index (κ3) is 4.03. The molecule has 0 aliphatic carbocycles. The standard InChI is InChI=1S/C13H20ClNO/c1-9(2)12(15)6-7-16-13-8-10(3)4-5-11(13)14/h4-5,8-9,12H,6-7,15H2,1-3H3. The van der Waals surface area contributed by atoms with E-state index in [4.69, 9.17) is 22.1 Å². The maximum Gasteiger partial charge on any atom is 0.138 e. The predicted molar refractivity (Wildman–Crippen MR) is 69.1 cm³/mol. The maximum absolute atomic E-state index is 6.02. The molecule has 3 heteroatoms. The van der Waals surface area contributed by atoms with Crippen LogP contribution >= 0.6 is 11.6 Å². The first-order valence-corrected chi connectivity index (χ1v) is 6.03. The van der Waals surface area contributed by atoms with E-state index in [1.807, 2.05) is 25.1 Å². The summed E-state index contributed by atoms with van der Waals surface area (Å²) in [7, 11) is 0. The highest BCUT2D eigenvalue weighted by Gasteiger charge is 2.08. The highest BCUT2D eigenvalue weighted by atomic mass is 35.5. The molecule has 1 aromatic rings. The van der Waals surface area contributed by atoms with Crippen molar-refractivity contribution < 1.29 is 4.74 Å². The van der Waals surface area contributed by atoms with E-state index >= 15 is 0 Å². The fourth-order valence-electron chi connectivity index (χ4n) is 1.36. The number of benzene rings is 1. The van der Waals surface area contributed by atoms with Crippen LogP contribution in [0.5, 0.6) is 5.75 Å². The number of aryl methyl sites for hydroxylation is 1. The van der Waals surface area contributed by atoms with Gasteiger partial charge in [0.15, 0.2) is 0 Å². The van der Waals surface area contributed by atoms with Crippen LogP contribution in [-0.4, -0.2) is 12.6 Å². The zero-order chi connectivity index (χ0) is 12.1. The minimum Gasteiger partial charge on any atom is -0.492 e. The first-order valence-electron chi connectivity index (χ1n) is 5.65. The van der Waals surface area contributed by atoms with E-state index in [1.54, 1.807) is 0 Å². The van der Waals surface area contributed by atoms with Gasteiger partial charge in [0.05, 0.1) is 11.6 Å². The minimum absolute atomic E-state index is 0.184. The third-order valence-corrected chi connectivity index (χ3v) is 2.96. The van der Waals surface area contributed by atoms with Gasteiger partial charge in [-0.05, 0) is 37.0 Å². The van der Waals surface area contributed by atoms with E-state index in [2.05, 4.69) is 13.8 Å². The second-order valence-electron chi connectivity index (χ2n) is 4.48. The molecule has 0 saturated heterocycles. The van der Waals surface area contributed by atoms with Gasteiger partial charge in [0.1, 0.15) is 5.75 Å². The molecule has 0 radical (unpaired) electrons. The summed E-state index contributed by atoms with van der Waals surface area (Å²) in [6.45, 7) is 6.86. The van der Waals surface area contributed by atoms with E-state index < -0.39 is 0 Å². The van der Waals surface area contributed by atoms with Gasteiger partial charge in [-0.2, -0.15) is 0 Å². The highest BCUT2D eigenvalue weighted by molar-refractivity contribution is 6.32. The third-order valence-electron chi connectivity index (χ3n) is 2.65. The molecule has 0 aliphatic rings. The largest absolute Gasteiger partial charge is 0.492 e. The van der Waals surface area contributed by atoms with E-state index in [-0.39, 0.29) is 6.04 Å². The number of hydrogen-bond acceptors (Lipinski definition) is 2. The van der Waals surface area contributed by atoms with Crippen LogP contribution in [0.4, 0.5) is 0 Å².